The first-order chi connectivity index (χ1) is 12.0. The third kappa shape index (κ3) is 3.66. The van der Waals surface area contributed by atoms with Gasteiger partial charge in [-0.25, -0.2) is 4.39 Å². The Hall–Kier alpha value is -2.40. The molecule has 1 aromatic rings. The largest absolute Gasteiger partial charge is 0.453 e. The minimum atomic E-state index is -1.16. The summed E-state index contributed by atoms with van der Waals surface area (Å²) in [5.41, 5.74) is 0.188. The molecule has 25 heavy (non-hydrogen) atoms. The van der Waals surface area contributed by atoms with E-state index in [2.05, 4.69) is 5.32 Å². The van der Waals surface area contributed by atoms with Crippen LogP contribution >= 0.6 is 0 Å². The number of halogens is 1. The van der Waals surface area contributed by atoms with Crippen LogP contribution in [0, 0.1) is 17.2 Å². The predicted octanol–water partition coefficient (Wildman–Crippen LogP) is 0.981. The molecule has 2 heterocycles. The first-order valence-corrected chi connectivity index (χ1v) is 8.39. The number of likely N-dealkylation sites (tertiary alicyclic amines) is 1. The summed E-state index contributed by atoms with van der Waals surface area (Å²) < 4.78 is 18.8. The van der Waals surface area contributed by atoms with Gasteiger partial charge in [-0.2, -0.15) is 5.26 Å². The number of hydrogen-bond acceptors (Lipinski definition) is 5. The van der Waals surface area contributed by atoms with Crippen LogP contribution in [0.4, 0.5) is 4.39 Å². The number of hydrogen-bond donors (Lipinski definition) is 2. The van der Waals surface area contributed by atoms with Gasteiger partial charge in [-0.3, -0.25) is 9.59 Å². The van der Waals surface area contributed by atoms with Crippen LogP contribution in [0.5, 0.6) is 0 Å². The van der Waals surface area contributed by atoms with E-state index in [1.54, 1.807) is 6.07 Å². The second kappa shape index (κ2) is 7.23. The minimum absolute atomic E-state index is 0.0134. The summed E-state index contributed by atoms with van der Waals surface area (Å²) >= 11 is 0. The van der Waals surface area contributed by atoms with Gasteiger partial charge in [0.25, 0.3) is 5.91 Å². The Bertz CT molecular complexity index is 698. The Morgan fingerprint density at radius 2 is 2.28 bits per heavy atom. The third-order valence-corrected chi connectivity index (χ3v) is 4.91. The molecular formula is C17H20FN3O4. The maximum atomic E-state index is 13.8. The van der Waals surface area contributed by atoms with Crippen LogP contribution in [0.25, 0.3) is 0 Å². The van der Waals surface area contributed by atoms with E-state index in [1.807, 2.05) is 0 Å². The van der Waals surface area contributed by atoms with E-state index < -0.39 is 30.1 Å². The predicted molar refractivity (Wildman–Crippen MR) is 84.1 cm³/mol. The van der Waals surface area contributed by atoms with Gasteiger partial charge < -0.3 is 19.7 Å². The second-order valence-corrected chi connectivity index (χ2v) is 6.61. The van der Waals surface area contributed by atoms with Gasteiger partial charge in [0.15, 0.2) is 0 Å². The normalized spacial score (nSPS) is 28.8. The molecule has 1 aliphatic heterocycles. The van der Waals surface area contributed by atoms with Crippen molar-refractivity contribution in [2.75, 3.05) is 13.1 Å². The number of carbonyl (C=O) groups is 2. The van der Waals surface area contributed by atoms with Crippen molar-refractivity contribution in [1.82, 2.24) is 10.2 Å². The average Bonchev–Trinajstić information content (AvgIpc) is 3.31. The molecule has 2 aliphatic rings. The fourth-order valence-corrected chi connectivity index (χ4v) is 3.57. The number of alkyl halides is 1. The lowest BCUT2D eigenvalue weighted by Gasteiger charge is -2.25. The molecule has 134 valence electrons. The number of furan rings is 1. The maximum Gasteiger partial charge on any atom is 0.257 e. The zero-order valence-corrected chi connectivity index (χ0v) is 13.7. The van der Waals surface area contributed by atoms with E-state index in [-0.39, 0.29) is 36.7 Å². The fraction of sp³-hybridized carbons (Fsp3) is 0.588. The summed E-state index contributed by atoms with van der Waals surface area (Å²) in [6.45, 7) is 0.0790. The maximum absolute atomic E-state index is 13.8. The van der Waals surface area contributed by atoms with Gasteiger partial charge >= 0.3 is 0 Å². The zero-order valence-electron chi connectivity index (χ0n) is 13.7. The molecule has 1 aliphatic carbocycles. The average molecular weight is 349 g/mol. The molecule has 2 fully saturated rings. The molecule has 7 nitrogen and oxygen atoms in total. The van der Waals surface area contributed by atoms with Crippen molar-refractivity contribution >= 4 is 11.8 Å². The smallest absolute Gasteiger partial charge is 0.257 e. The summed E-state index contributed by atoms with van der Waals surface area (Å²) in [6.07, 6.45) is 1.58. The summed E-state index contributed by atoms with van der Waals surface area (Å²) in [7, 11) is 0. The Balaban J connectivity index is 1.62. The van der Waals surface area contributed by atoms with E-state index >= 15 is 0 Å². The highest BCUT2D eigenvalue weighted by Gasteiger charge is 2.37. The number of rotatable bonds is 4. The van der Waals surface area contributed by atoms with Crippen molar-refractivity contribution in [3.05, 3.63) is 23.7 Å². The molecule has 0 aromatic carbocycles. The van der Waals surface area contributed by atoms with E-state index in [0.29, 0.717) is 12.8 Å². The van der Waals surface area contributed by atoms with Crippen LogP contribution in [-0.4, -0.2) is 53.2 Å². The quantitative estimate of drug-likeness (QED) is 0.843. The number of nitrogens with zero attached hydrogens (tertiary/aromatic N) is 2. The van der Waals surface area contributed by atoms with Crippen LogP contribution in [0.15, 0.2) is 16.7 Å². The molecule has 8 heteroatoms. The number of nitrogens with one attached hydrogen (secondary N) is 1. The molecule has 2 amide bonds. The molecule has 1 saturated carbocycles. The lowest BCUT2D eigenvalue weighted by molar-refractivity contribution is -0.127. The molecule has 1 aromatic heterocycles. The summed E-state index contributed by atoms with van der Waals surface area (Å²) in [5, 5.41) is 21.3. The SMILES string of the molecule is N#Cc1cc(C(=O)N2C[C@@H](F)C[C@H]2CNC(=O)C2CCCC2O)co1. The van der Waals surface area contributed by atoms with Crippen molar-refractivity contribution < 1.29 is 23.5 Å². The van der Waals surface area contributed by atoms with Gasteiger partial charge in [0, 0.05) is 19.0 Å². The van der Waals surface area contributed by atoms with Crippen molar-refractivity contribution in [3.8, 4) is 6.07 Å². The van der Waals surface area contributed by atoms with Crippen molar-refractivity contribution in [3.63, 3.8) is 0 Å². The van der Waals surface area contributed by atoms with Crippen molar-refractivity contribution in [2.45, 2.75) is 44.0 Å². The van der Waals surface area contributed by atoms with Crippen LogP contribution < -0.4 is 5.32 Å². The molecule has 1 saturated heterocycles. The molecule has 3 rings (SSSR count). The van der Waals surface area contributed by atoms with Gasteiger partial charge in [-0.15, -0.1) is 0 Å². The zero-order chi connectivity index (χ0) is 18.0. The number of aliphatic hydroxyl groups is 1. The Morgan fingerprint density at radius 1 is 1.48 bits per heavy atom. The molecule has 0 bridgehead atoms. The topological polar surface area (TPSA) is 107 Å². The summed E-state index contributed by atoms with van der Waals surface area (Å²) in [5.74, 6) is -1.10. The summed E-state index contributed by atoms with van der Waals surface area (Å²) in [4.78, 5) is 26.0. The monoisotopic (exact) mass is 349 g/mol. The van der Waals surface area contributed by atoms with Gasteiger partial charge in [-0.05, 0) is 19.3 Å². The van der Waals surface area contributed by atoms with Gasteiger partial charge in [0.1, 0.15) is 18.5 Å². The van der Waals surface area contributed by atoms with Crippen LogP contribution in [-0.2, 0) is 4.79 Å². The highest BCUT2D eigenvalue weighted by Crippen LogP contribution is 2.26. The van der Waals surface area contributed by atoms with Gasteiger partial charge in [0.2, 0.25) is 11.7 Å². The van der Waals surface area contributed by atoms with Gasteiger partial charge in [-0.1, -0.05) is 0 Å². The van der Waals surface area contributed by atoms with E-state index in [0.717, 1.165) is 6.42 Å². The first kappa shape index (κ1) is 17.4. The van der Waals surface area contributed by atoms with Gasteiger partial charge in [0.05, 0.1) is 30.2 Å². The minimum Gasteiger partial charge on any atom is -0.453 e. The lowest BCUT2D eigenvalue weighted by Crippen LogP contribution is -2.45. The molecule has 0 radical (unpaired) electrons. The Labute approximate surface area is 144 Å². The molecule has 2 N–H and O–H groups in total. The number of aliphatic hydroxyl groups excluding tert-OH is 1. The van der Waals surface area contributed by atoms with Crippen molar-refractivity contribution in [2.24, 2.45) is 5.92 Å². The molecular weight excluding hydrogens is 329 g/mol. The molecule has 2 unspecified atom stereocenters. The standard InChI is InChI=1S/C17H20FN3O4/c18-11-5-12(7-20-16(23)14-2-1-3-15(14)22)21(8-11)17(24)10-4-13(6-19)25-9-10/h4,9,11-12,14-15,22H,1-3,5,7-8H2,(H,20,23)/t11-,12-,14?,15?/m0/s1. The highest BCUT2D eigenvalue weighted by molar-refractivity contribution is 5.94. The molecule has 0 spiro atoms. The van der Waals surface area contributed by atoms with E-state index in [9.17, 15) is 19.1 Å². The lowest BCUT2D eigenvalue weighted by atomic mass is 10.1. The number of nitriles is 1. The van der Waals surface area contributed by atoms with Crippen molar-refractivity contribution in [1.29, 1.82) is 5.26 Å². The second-order valence-electron chi connectivity index (χ2n) is 6.61. The van der Waals surface area contributed by atoms with E-state index in [1.165, 1.54) is 17.2 Å². The van der Waals surface area contributed by atoms with E-state index in [4.69, 9.17) is 9.68 Å². The Kier molecular flexibility index (Phi) is 5.04. The number of amides is 2. The Morgan fingerprint density at radius 3 is 2.92 bits per heavy atom. The first-order valence-electron chi connectivity index (χ1n) is 8.39. The van der Waals surface area contributed by atoms with Crippen LogP contribution in [0.3, 0.4) is 0 Å². The third-order valence-electron chi connectivity index (χ3n) is 4.91. The highest BCUT2D eigenvalue weighted by atomic mass is 19.1. The number of carbonyl (C=O) groups excluding carboxylic acids is 2. The summed E-state index contributed by atoms with van der Waals surface area (Å²) in [6, 6.07) is 2.65. The molecule has 4 atom stereocenters. The fourth-order valence-electron chi connectivity index (χ4n) is 3.57. The van der Waals surface area contributed by atoms with Crippen LogP contribution in [0.2, 0.25) is 0 Å². The van der Waals surface area contributed by atoms with Crippen LogP contribution in [0.1, 0.15) is 41.8 Å².